The number of likely N-dealkylation sites (tertiary alicyclic amines) is 1. The summed E-state index contributed by atoms with van der Waals surface area (Å²) in [4.78, 5) is 30.2. The van der Waals surface area contributed by atoms with E-state index in [9.17, 15) is 9.59 Å². The molecule has 1 N–H and O–H groups in total. The first-order valence-electron chi connectivity index (χ1n) is 8.40. The van der Waals surface area contributed by atoms with Crippen LogP contribution in [0.1, 0.15) is 58.3 Å². The summed E-state index contributed by atoms with van der Waals surface area (Å²) in [5.41, 5.74) is 1.67. The summed E-state index contributed by atoms with van der Waals surface area (Å²) in [5.74, 6) is -0.921. The lowest BCUT2D eigenvalue weighted by Crippen LogP contribution is -2.45. The van der Waals surface area contributed by atoms with Gasteiger partial charge in [-0.15, -0.1) is 0 Å². The van der Waals surface area contributed by atoms with Crippen molar-refractivity contribution < 1.29 is 14.7 Å². The topological polar surface area (TPSA) is 70.5 Å². The fourth-order valence-corrected chi connectivity index (χ4v) is 3.76. The third-order valence-electron chi connectivity index (χ3n) is 5.17. The van der Waals surface area contributed by atoms with Gasteiger partial charge in [-0.25, -0.2) is 9.78 Å². The molecule has 0 saturated carbocycles. The van der Waals surface area contributed by atoms with Gasteiger partial charge in [-0.1, -0.05) is 30.3 Å². The van der Waals surface area contributed by atoms with Gasteiger partial charge in [0.1, 0.15) is 5.69 Å². The van der Waals surface area contributed by atoms with Crippen LogP contribution in [-0.2, 0) is 0 Å². The van der Waals surface area contributed by atoms with E-state index in [1.807, 2.05) is 23.1 Å². The van der Waals surface area contributed by atoms with Crippen molar-refractivity contribution in [1.82, 2.24) is 9.88 Å². The zero-order chi connectivity index (χ0) is 18.2. The SMILES string of the molecule is Cc1nc(C(=O)N2CCC(c3ccccc3)C2(C)C)ccc1C(=O)O. The Balaban J connectivity index is 1.88. The predicted molar refractivity (Wildman–Crippen MR) is 94.8 cm³/mol. The average molecular weight is 338 g/mol. The maximum atomic E-state index is 13.0. The first kappa shape index (κ1) is 17.1. The van der Waals surface area contributed by atoms with Gasteiger partial charge in [-0.3, -0.25) is 4.79 Å². The van der Waals surface area contributed by atoms with Crippen LogP contribution in [-0.4, -0.2) is 39.0 Å². The number of aryl methyl sites for hydroxylation is 1. The van der Waals surface area contributed by atoms with E-state index in [2.05, 4.69) is 31.0 Å². The normalized spacial score (nSPS) is 19.0. The summed E-state index contributed by atoms with van der Waals surface area (Å²) in [5, 5.41) is 9.12. The van der Waals surface area contributed by atoms with Crippen LogP contribution in [0.3, 0.4) is 0 Å². The third-order valence-corrected chi connectivity index (χ3v) is 5.17. The molecule has 1 aliphatic heterocycles. The van der Waals surface area contributed by atoms with Gasteiger partial charge in [0, 0.05) is 18.0 Å². The highest BCUT2D eigenvalue weighted by Crippen LogP contribution is 2.42. The summed E-state index contributed by atoms with van der Waals surface area (Å²) in [6.07, 6.45) is 0.898. The van der Waals surface area contributed by atoms with Crippen LogP contribution in [0.2, 0.25) is 0 Å². The quantitative estimate of drug-likeness (QED) is 0.930. The number of hydrogen-bond acceptors (Lipinski definition) is 3. The van der Waals surface area contributed by atoms with Gasteiger partial charge in [-0.05, 0) is 44.9 Å². The second-order valence-electron chi connectivity index (χ2n) is 7.00. The molecular formula is C20H22N2O3. The molecule has 1 amide bonds. The van der Waals surface area contributed by atoms with Crippen molar-refractivity contribution in [2.45, 2.75) is 38.6 Å². The lowest BCUT2D eigenvalue weighted by atomic mass is 9.82. The Hall–Kier alpha value is -2.69. The maximum absolute atomic E-state index is 13.0. The number of benzene rings is 1. The van der Waals surface area contributed by atoms with Crippen LogP contribution in [0, 0.1) is 6.92 Å². The van der Waals surface area contributed by atoms with Gasteiger partial charge in [0.2, 0.25) is 0 Å². The molecular weight excluding hydrogens is 316 g/mol. The molecule has 3 rings (SSSR count). The van der Waals surface area contributed by atoms with Crippen LogP contribution in [0.15, 0.2) is 42.5 Å². The summed E-state index contributed by atoms with van der Waals surface area (Å²) in [6, 6.07) is 13.2. The Morgan fingerprint density at radius 3 is 2.44 bits per heavy atom. The van der Waals surface area contributed by atoms with Gasteiger partial charge in [0.05, 0.1) is 11.3 Å². The van der Waals surface area contributed by atoms with Crippen molar-refractivity contribution in [3.05, 3.63) is 65.0 Å². The first-order valence-corrected chi connectivity index (χ1v) is 8.40. The minimum absolute atomic E-state index is 0.124. The molecule has 130 valence electrons. The maximum Gasteiger partial charge on any atom is 0.337 e. The van der Waals surface area contributed by atoms with E-state index in [-0.39, 0.29) is 22.9 Å². The smallest absolute Gasteiger partial charge is 0.337 e. The highest BCUT2D eigenvalue weighted by molar-refractivity contribution is 5.95. The molecule has 0 aliphatic carbocycles. The van der Waals surface area contributed by atoms with E-state index in [0.29, 0.717) is 17.9 Å². The molecule has 1 atom stereocenters. The fourth-order valence-electron chi connectivity index (χ4n) is 3.76. The number of pyridine rings is 1. The number of carbonyl (C=O) groups is 2. The van der Waals surface area contributed by atoms with Crippen LogP contribution < -0.4 is 0 Å². The molecule has 1 saturated heterocycles. The molecule has 1 aliphatic rings. The van der Waals surface area contributed by atoms with E-state index < -0.39 is 5.97 Å². The Morgan fingerprint density at radius 1 is 1.16 bits per heavy atom. The van der Waals surface area contributed by atoms with Crippen LogP contribution in [0.4, 0.5) is 0 Å². The lowest BCUT2D eigenvalue weighted by molar-refractivity contribution is 0.0625. The molecule has 0 radical (unpaired) electrons. The van der Waals surface area contributed by atoms with Gasteiger partial charge in [-0.2, -0.15) is 0 Å². The molecule has 1 unspecified atom stereocenters. The third kappa shape index (κ3) is 3.02. The molecule has 25 heavy (non-hydrogen) atoms. The number of aromatic nitrogens is 1. The Labute approximate surface area is 147 Å². The van der Waals surface area contributed by atoms with E-state index >= 15 is 0 Å². The van der Waals surface area contributed by atoms with Crippen molar-refractivity contribution in [2.24, 2.45) is 0 Å². The number of rotatable bonds is 3. The molecule has 5 nitrogen and oxygen atoms in total. The van der Waals surface area contributed by atoms with Gasteiger partial charge >= 0.3 is 5.97 Å². The number of aromatic carboxylic acids is 1. The van der Waals surface area contributed by atoms with Gasteiger partial charge in [0.25, 0.3) is 5.91 Å². The molecule has 1 aromatic heterocycles. The van der Waals surface area contributed by atoms with Crippen LogP contribution in [0.25, 0.3) is 0 Å². The Kier molecular flexibility index (Phi) is 4.33. The Bertz CT molecular complexity index is 815. The molecule has 5 heteroatoms. The van der Waals surface area contributed by atoms with Crippen LogP contribution in [0.5, 0.6) is 0 Å². The zero-order valence-corrected chi connectivity index (χ0v) is 14.7. The van der Waals surface area contributed by atoms with Crippen molar-refractivity contribution in [1.29, 1.82) is 0 Å². The molecule has 2 heterocycles. The molecule has 0 spiro atoms. The van der Waals surface area contributed by atoms with Gasteiger partial charge < -0.3 is 10.0 Å². The van der Waals surface area contributed by atoms with Crippen LogP contribution >= 0.6 is 0 Å². The van der Waals surface area contributed by atoms with Crippen molar-refractivity contribution in [2.75, 3.05) is 6.54 Å². The van der Waals surface area contributed by atoms with Crippen molar-refractivity contribution >= 4 is 11.9 Å². The zero-order valence-electron chi connectivity index (χ0n) is 14.7. The van der Waals surface area contributed by atoms with E-state index in [1.165, 1.54) is 17.7 Å². The number of carbonyl (C=O) groups excluding carboxylic acids is 1. The number of nitrogens with zero attached hydrogens (tertiary/aromatic N) is 2. The van der Waals surface area contributed by atoms with Crippen molar-refractivity contribution in [3.63, 3.8) is 0 Å². The van der Waals surface area contributed by atoms with E-state index in [0.717, 1.165) is 6.42 Å². The standard InChI is InChI=1S/C20H22N2O3/c1-13-15(19(24)25)9-10-17(21-13)18(23)22-12-11-16(20(22,2)3)14-7-5-4-6-8-14/h4-10,16H,11-12H2,1-3H3,(H,24,25). The predicted octanol–water partition coefficient (Wildman–Crippen LogP) is 3.50. The second-order valence-corrected chi connectivity index (χ2v) is 7.00. The average Bonchev–Trinajstić information content (AvgIpc) is 2.89. The summed E-state index contributed by atoms with van der Waals surface area (Å²) in [7, 11) is 0. The number of carboxylic acids is 1. The minimum Gasteiger partial charge on any atom is -0.478 e. The van der Waals surface area contributed by atoms with Gasteiger partial charge in [0.15, 0.2) is 0 Å². The Morgan fingerprint density at radius 2 is 1.84 bits per heavy atom. The first-order chi connectivity index (χ1) is 11.8. The highest BCUT2D eigenvalue weighted by Gasteiger charge is 2.44. The molecule has 0 bridgehead atoms. The number of hydrogen-bond donors (Lipinski definition) is 1. The molecule has 2 aromatic rings. The largest absolute Gasteiger partial charge is 0.478 e. The monoisotopic (exact) mass is 338 g/mol. The number of carboxylic acid groups (broad SMARTS) is 1. The molecule has 1 fully saturated rings. The highest BCUT2D eigenvalue weighted by atomic mass is 16.4. The number of amides is 1. The molecule has 1 aromatic carbocycles. The van der Waals surface area contributed by atoms with Crippen molar-refractivity contribution in [3.8, 4) is 0 Å². The summed E-state index contributed by atoms with van der Waals surface area (Å²) in [6.45, 7) is 6.43. The fraction of sp³-hybridized carbons (Fsp3) is 0.350. The van der Waals surface area contributed by atoms with E-state index in [1.54, 1.807) is 6.92 Å². The summed E-state index contributed by atoms with van der Waals surface area (Å²) >= 11 is 0. The lowest BCUT2D eigenvalue weighted by Gasteiger charge is -2.36. The second kappa shape index (κ2) is 6.31. The van der Waals surface area contributed by atoms with E-state index in [4.69, 9.17) is 5.11 Å². The summed E-state index contributed by atoms with van der Waals surface area (Å²) < 4.78 is 0. The minimum atomic E-state index is -1.03.